The summed E-state index contributed by atoms with van der Waals surface area (Å²) in [5.74, 6) is -0.244. The molecule has 0 aromatic heterocycles. The van der Waals surface area contributed by atoms with Gasteiger partial charge in [-0.2, -0.15) is 0 Å². The molecule has 4 heteroatoms. The van der Waals surface area contributed by atoms with Gasteiger partial charge in [-0.05, 0) is 44.5 Å². The van der Waals surface area contributed by atoms with Crippen LogP contribution in [0.4, 0.5) is 4.39 Å². The van der Waals surface area contributed by atoms with Gasteiger partial charge in [0.25, 0.3) is 0 Å². The van der Waals surface area contributed by atoms with E-state index in [2.05, 4.69) is 21.2 Å². The van der Waals surface area contributed by atoms with Crippen molar-refractivity contribution < 1.29 is 9.50 Å². The van der Waals surface area contributed by atoms with E-state index in [1.54, 1.807) is 13.0 Å². The first-order chi connectivity index (χ1) is 7.50. The highest BCUT2D eigenvalue weighted by Crippen LogP contribution is 2.24. The zero-order valence-electron chi connectivity index (χ0n) is 9.50. The van der Waals surface area contributed by atoms with Crippen molar-refractivity contribution in [1.29, 1.82) is 0 Å². The molecule has 0 aliphatic heterocycles. The lowest BCUT2D eigenvalue weighted by Gasteiger charge is -2.16. The molecule has 90 valence electrons. The van der Waals surface area contributed by atoms with Gasteiger partial charge in [-0.15, -0.1) is 0 Å². The molecule has 0 aliphatic rings. The Morgan fingerprint density at radius 3 is 2.69 bits per heavy atom. The van der Waals surface area contributed by atoms with E-state index in [-0.39, 0.29) is 18.0 Å². The van der Waals surface area contributed by atoms with Crippen molar-refractivity contribution in [2.75, 3.05) is 6.54 Å². The fraction of sp³-hybridized carbons (Fsp3) is 0.500. The summed E-state index contributed by atoms with van der Waals surface area (Å²) >= 11 is 3.34. The molecule has 2 atom stereocenters. The molecule has 1 aromatic carbocycles. The third-order valence-corrected chi connectivity index (χ3v) is 3.13. The highest BCUT2D eigenvalue weighted by atomic mass is 79.9. The zero-order chi connectivity index (χ0) is 12.1. The number of aliphatic hydroxyl groups excluding tert-OH is 1. The molecule has 0 saturated heterocycles. The molecule has 1 rings (SSSR count). The summed E-state index contributed by atoms with van der Waals surface area (Å²) in [5, 5.41) is 12.4. The number of benzene rings is 1. The Bertz CT molecular complexity index is 344. The smallest absolute Gasteiger partial charge is 0.124 e. The van der Waals surface area contributed by atoms with E-state index < -0.39 is 0 Å². The molecule has 0 bridgehead atoms. The van der Waals surface area contributed by atoms with Gasteiger partial charge in [0.05, 0.1) is 6.10 Å². The quantitative estimate of drug-likeness (QED) is 0.873. The van der Waals surface area contributed by atoms with Crippen LogP contribution in [0.1, 0.15) is 31.9 Å². The number of aliphatic hydroxyl groups is 1. The normalized spacial score (nSPS) is 14.8. The monoisotopic (exact) mass is 289 g/mol. The van der Waals surface area contributed by atoms with Crippen LogP contribution in [0.15, 0.2) is 22.7 Å². The first-order valence-corrected chi connectivity index (χ1v) is 6.16. The minimum absolute atomic E-state index is 0.133. The van der Waals surface area contributed by atoms with Crippen LogP contribution in [-0.4, -0.2) is 17.8 Å². The van der Waals surface area contributed by atoms with Crippen molar-refractivity contribution in [2.24, 2.45) is 0 Å². The fourth-order valence-electron chi connectivity index (χ4n) is 1.47. The van der Waals surface area contributed by atoms with Crippen LogP contribution in [0.25, 0.3) is 0 Å². The molecule has 0 aliphatic carbocycles. The molecule has 0 fully saturated rings. The van der Waals surface area contributed by atoms with Gasteiger partial charge >= 0.3 is 0 Å². The van der Waals surface area contributed by atoms with Gasteiger partial charge in [0.15, 0.2) is 0 Å². The lowest BCUT2D eigenvalue weighted by molar-refractivity contribution is 0.182. The van der Waals surface area contributed by atoms with E-state index >= 15 is 0 Å². The number of hydrogen-bond donors (Lipinski definition) is 2. The second kappa shape index (κ2) is 6.33. The second-order valence-corrected chi connectivity index (χ2v) is 4.83. The first kappa shape index (κ1) is 13.6. The minimum atomic E-state index is -0.295. The highest BCUT2D eigenvalue weighted by molar-refractivity contribution is 9.10. The Balaban J connectivity index is 2.55. The lowest BCUT2D eigenvalue weighted by atomic mass is 10.1. The van der Waals surface area contributed by atoms with Crippen molar-refractivity contribution >= 4 is 15.9 Å². The van der Waals surface area contributed by atoms with Crippen LogP contribution in [0.3, 0.4) is 0 Å². The summed E-state index contributed by atoms with van der Waals surface area (Å²) in [6, 6.07) is 4.81. The zero-order valence-corrected chi connectivity index (χ0v) is 11.1. The van der Waals surface area contributed by atoms with Gasteiger partial charge in [-0.1, -0.05) is 22.0 Å². The predicted octanol–water partition coefficient (Wildman–Crippen LogP) is 3.01. The number of halogens is 2. The molecule has 16 heavy (non-hydrogen) atoms. The Hall–Kier alpha value is -0.450. The molecule has 0 saturated carbocycles. The third kappa shape index (κ3) is 4.20. The van der Waals surface area contributed by atoms with E-state index in [1.807, 2.05) is 6.92 Å². The highest BCUT2D eigenvalue weighted by Gasteiger charge is 2.09. The lowest BCUT2D eigenvalue weighted by Crippen LogP contribution is -2.22. The van der Waals surface area contributed by atoms with E-state index in [1.165, 1.54) is 12.1 Å². The molecule has 0 amide bonds. The largest absolute Gasteiger partial charge is 0.393 e. The Morgan fingerprint density at radius 1 is 1.44 bits per heavy atom. The second-order valence-electron chi connectivity index (χ2n) is 3.98. The Morgan fingerprint density at radius 2 is 2.12 bits per heavy atom. The van der Waals surface area contributed by atoms with Gasteiger partial charge in [0.2, 0.25) is 0 Å². The fourth-order valence-corrected chi connectivity index (χ4v) is 2.17. The van der Waals surface area contributed by atoms with Crippen LogP contribution in [-0.2, 0) is 0 Å². The van der Waals surface area contributed by atoms with Crippen LogP contribution < -0.4 is 5.32 Å². The SMILES string of the molecule is CC(O)CCNC(C)c1ccc(F)cc1Br. The van der Waals surface area contributed by atoms with Crippen LogP contribution in [0.5, 0.6) is 0 Å². The molecular formula is C12H17BrFNO. The summed E-state index contributed by atoms with van der Waals surface area (Å²) in [7, 11) is 0. The van der Waals surface area contributed by atoms with Crippen molar-refractivity contribution in [2.45, 2.75) is 32.4 Å². The van der Waals surface area contributed by atoms with E-state index in [0.29, 0.717) is 6.42 Å². The Labute approximate surface area is 104 Å². The van der Waals surface area contributed by atoms with Crippen LogP contribution in [0, 0.1) is 5.82 Å². The summed E-state index contributed by atoms with van der Waals surface area (Å²) in [6.07, 6.45) is 0.416. The van der Waals surface area contributed by atoms with Crippen molar-refractivity contribution in [3.8, 4) is 0 Å². The van der Waals surface area contributed by atoms with Gasteiger partial charge in [-0.25, -0.2) is 4.39 Å². The van der Waals surface area contributed by atoms with Crippen LogP contribution in [0.2, 0.25) is 0 Å². The molecule has 0 spiro atoms. The van der Waals surface area contributed by atoms with Gasteiger partial charge in [0.1, 0.15) is 5.82 Å². The molecule has 2 N–H and O–H groups in total. The van der Waals surface area contributed by atoms with Crippen LogP contribution >= 0.6 is 15.9 Å². The third-order valence-electron chi connectivity index (χ3n) is 2.44. The molecule has 0 heterocycles. The van der Waals surface area contributed by atoms with E-state index in [0.717, 1.165) is 16.6 Å². The number of hydrogen-bond acceptors (Lipinski definition) is 2. The molecule has 2 unspecified atom stereocenters. The van der Waals surface area contributed by atoms with Gasteiger partial charge in [0, 0.05) is 10.5 Å². The van der Waals surface area contributed by atoms with E-state index in [4.69, 9.17) is 5.11 Å². The molecule has 1 aromatic rings. The maximum Gasteiger partial charge on any atom is 0.124 e. The summed E-state index contributed by atoms with van der Waals surface area (Å²) in [4.78, 5) is 0. The Kier molecular flexibility index (Phi) is 5.38. The molecular weight excluding hydrogens is 273 g/mol. The number of nitrogens with one attached hydrogen (secondary N) is 1. The van der Waals surface area contributed by atoms with Crippen molar-refractivity contribution in [1.82, 2.24) is 5.32 Å². The van der Waals surface area contributed by atoms with Crippen molar-refractivity contribution in [3.05, 3.63) is 34.1 Å². The maximum absolute atomic E-state index is 12.9. The summed E-state index contributed by atoms with van der Waals surface area (Å²) in [6.45, 7) is 4.52. The van der Waals surface area contributed by atoms with Gasteiger partial charge in [-0.3, -0.25) is 0 Å². The number of rotatable bonds is 5. The average molecular weight is 290 g/mol. The standard InChI is InChI=1S/C12H17BrFNO/c1-8(16)5-6-15-9(2)11-4-3-10(14)7-12(11)13/h3-4,7-9,15-16H,5-6H2,1-2H3. The average Bonchev–Trinajstić information content (AvgIpc) is 2.16. The van der Waals surface area contributed by atoms with Gasteiger partial charge < -0.3 is 10.4 Å². The first-order valence-electron chi connectivity index (χ1n) is 5.37. The van der Waals surface area contributed by atoms with E-state index in [9.17, 15) is 4.39 Å². The minimum Gasteiger partial charge on any atom is -0.393 e. The topological polar surface area (TPSA) is 32.3 Å². The maximum atomic E-state index is 12.9. The molecule has 0 radical (unpaired) electrons. The van der Waals surface area contributed by atoms with Crippen molar-refractivity contribution in [3.63, 3.8) is 0 Å². The molecule has 2 nitrogen and oxygen atoms in total. The predicted molar refractivity (Wildman–Crippen MR) is 66.8 cm³/mol. The summed E-state index contributed by atoms with van der Waals surface area (Å²) in [5.41, 5.74) is 1.02. The summed E-state index contributed by atoms with van der Waals surface area (Å²) < 4.78 is 13.7.